The van der Waals surface area contributed by atoms with Crippen LogP contribution in [0.15, 0.2) is 53.4 Å². The molecule has 0 spiro atoms. The second kappa shape index (κ2) is 6.19. The molecule has 0 radical (unpaired) electrons. The first kappa shape index (κ1) is 16.0. The summed E-state index contributed by atoms with van der Waals surface area (Å²) < 4.78 is 27.0. The normalized spacial score (nSPS) is 11.0. The van der Waals surface area contributed by atoms with Crippen molar-refractivity contribution in [2.45, 2.75) is 11.8 Å². The Morgan fingerprint density at radius 2 is 1.50 bits per heavy atom. The summed E-state index contributed by atoms with van der Waals surface area (Å²) in [5.74, 6) is -0.132. The summed E-state index contributed by atoms with van der Waals surface area (Å²) in [4.78, 5) is 13.4. The van der Waals surface area contributed by atoms with Crippen molar-refractivity contribution in [3.05, 3.63) is 59.7 Å². The quantitative estimate of drug-likeness (QED) is 0.942. The predicted molar refractivity (Wildman–Crippen MR) is 86.4 cm³/mol. The van der Waals surface area contributed by atoms with Gasteiger partial charge >= 0.3 is 0 Å². The van der Waals surface area contributed by atoms with E-state index in [0.29, 0.717) is 11.3 Å². The van der Waals surface area contributed by atoms with Gasteiger partial charge in [-0.3, -0.25) is 9.52 Å². The van der Waals surface area contributed by atoms with E-state index in [1.807, 2.05) is 6.92 Å². The summed E-state index contributed by atoms with van der Waals surface area (Å²) >= 11 is 0. The van der Waals surface area contributed by atoms with Gasteiger partial charge in [0.2, 0.25) is 0 Å². The van der Waals surface area contributed by atoms with Crippen molar-refractivity contribution >= 4 is 21.6 Å². The van der Waals surface area contributed by atoms with Crippen LogP contribution in [0.5, 0.6) is 0 Å². The Morgan fingerprint density at radius 1 is 0.955 bits per heavy atom. The number of benzene rings is 2. The summed E-state index contributed by atoms with van der Waals surface area (Å²) in [6.07, 6.45) is 0. The van der Waals surface area contributed by atoms with Gasteiger partial charge in [0.15, 0.2) is 0 Å². The number of sulfonamides is 1. The summed E-state index contributed by atoms with van der Waals surface area (Å²) in [5.41, 5.74) is 1.91. The zero-order valence-electron chi connectivity index (χ0n) is 12.7. The third-order valence-corrected chi connectivity index (χ3v) is 4.52. The molecule has 0 unspecified atom stereocenters. The van der Waals surface area contributed by atoms with E-state index in [-0.39, 0.29) is 10.8 Å². The van der Waals surface area contributed by atoms with Crippen molar-refractivity contribution < 1.29 is 13.2 Å². The van der Waals surface area contributed by atoms with E-state index in [1.54, 1.807) is 62.6 Å². The number of amides is 1. The van der Waals surface area contributed by atoms with Gasteiger partial charge < -0.3 is 4.90 Å². The minimum atomic E-state index is -3.62. The lowest BCUT2D eigenvalue weighted by Gasteiger charge is -2.11. The number of anilines is 1. The van der Waals surface area contributed by atoms with E-state index in [1.165, 1.54) is 4.90 Å². The molecule has 5 nitrogen and oxygen atoms in total. The molecule has 0 aliphatic heterocycles. The van der Waals surface area contributed by atoms with Crippen LogP contribution in [-0.2, 0) is 10.0 Å². The second-order valence-electron chi connectivity index (χ2n) is 5.20. The number of carbonyl (C=O) groups is 1. The topological polar surface area (TPSA) is 66.5 Å². The molecule has 0 fully saturated rings. The third kappa shape index (κ3) is 3.65. The first-order valence-corrected chi connectivity index (χ1v) is 8.19. The summed E-state index contributed by atoms with van der Waals surface area (Å²) in [5, 5.41) is 0. The zero-order chi connectivity index (χ0) is 16.3. The highest BCUT2D eigenvalue weighted by Crippen LogP contribution is 2.17. The van der Waals surface area contributed by atoms with Gasteiger partial charge in [0, 0.05) is 25.3 Å². The summed E-state index contributed by atoms with van der Waals surface area (Å²) in [6, 6.07) is 12.9. The molecule has 116 valence electrons. The maximum Gasteiger partial charge on any atom is 0.261 e. The van der Waals surface area contributed by atoms with Gasteiger partial charge in [0.05, 0.1) is 4.90 Å². The van der Waals surface area contributed by atoms with Gasteiger partial charge in [-0.1, -0.05) is 17.7 Å². The van der Waals surface area contributed by atoms with E-state index in [0.717, 1.165) is 5.56 Å². The van der Waals surface area contributed by atoms with E-state index >= 15 is 0 Å². The van der Waals surface area contributed by atoms with Crippen LogP contribution in [0.4, 0.5) is 5.69 Å². The van der Waals surface area contributed by atoms with Gasteiger partial charge in [0.1, 0.15) is 0 Å². The Morgan fingerprint density at radius 3 is 2.00 bits per heavy atom. The van der Waals surface area contributed by atoms with Gasteiger partial charge in [-0.15, -0.1) is 0 Å². The molecule has 0 aromatic heterocycles. The number of carbonyl (C=O) groups excluding carboxylic acids is 1. The largest absolute Gasteiger partial charge is 0.345 e. The molecule has 0 heterocycles. The van der Waals surface area contributed by atoms with Crippen LogP contribution in [0.3, 0.4) is 0 Å². The number of nitrogens with zero attached hydrogens (tertiary/aromatic N) is 1. The summed E-state index contributed by atoms with van der Waals surface area (Å²) in [6.45, 7) is 1.89. The van der Waals surface area contributed by atoms with Crippen molar-refractivity contribution in [1.29, 1.82) is 0 Å². The van der Waals surface area contributed by atoms with Crippen LogP contribution in [0, 0.1) is 6.92 Å². The van der Waals surface area contributed by atoms with Crippen LogP contribution in [0.2, 0.25) is 0 Å². The minimum Gasteiger partial charge on any atom is -0.345 e. The fraction of sp³-hybridized carbons (Fsp3) is 0.188. The Balaban J connectivity index is 2.20. The third-order valence-electron chi connectivity index (χ3n) is 3.12. The maximum atomic E-state index is 12.3. The SMILES string of the molecule is Cc1ccc(S(=O)(=O)Nc2ccc(C(=O)N(C)C)cc2)cc1. The predicted octanol–water partition coefficient (Wildman–Crippen LogP) is 2.50. The average Bonchev–Trinajstić information content (AvgIpc) is 2.47. The molecule has 22 heavy (non-hydrogen) atoms. The smallest absolute Gasteiger partial charge is 0.261 e. The highest BCUT2D eigenvalue weighted by Gasteiger charge is 2.14. The van der Waals surface area contributed by atoms with Gasteiger partial charge in [-0.25, -0.2) is 8.42 Å². The van der Waals surface area contributed by atoms with E-state index in [2.05, 4.69) is 4.72 Å². The zero-order valence-corrected chi connectivity index (χ0v) is 13.5. The first-order valence-electron chi connectivity index (χ1n) is 6.71. The lowest BCUT2D eigenvalue weighted by Crippen LogP contribution is -2.21. The van der Waals surface area contributed by atoms with Crippen LogP contribution >= 0.6 is 0 Å². The lowest BCUT2D eigenvalue weighted by atomic mass is 10.2. The van der Waals surface area contributed by atoms with Crippen molar-refractivity contribution in [3.8, 4) is 0 Å². The van der Waals surface area contributed by atoms with Gasteiger partial charge in [-0.05, 0) is 43.3 Å². The van der Waals surface area contributed by atoms with Crippen molar-refractivity contribution in [1.82, 2.24) is 4.90 Å². The molecule has 0 bridgehead atoms. The van der Waals surface area contributed by atoms with E-state index in [9.17, 15) is 13.2 Å². The highest BCUT2D eigenvalue weighted by atomic mass is 32.2. The molecular weight excluding hydrogens is 300 g/mol. The molecule has 2 aromatic rings. The van der Waals surface area contributed by atoms with Gasteiger partial charge in [0.25, 0.3) is 15.9 Å². The Bertz CT molecular complexity index is 764. The van der Waals surface area contributed by atoms with Crippen LogP contribution in [-0.4, -0.2) is 33.3 Å². The number of nitrogens with one attached hydrogen (secondary N) is 1. The van der Waals surface area contributed by atoms with Crippen LogP contribution in [0.1, 0.15) is 15.9 Å². The molecule has 6 heteroatoms. The average molecular weight is 318 g/mol. The minimum absolute atomic E-state index is 0.132. The molecule has 0 aliphatic carbocycles. The van der Waals surface area contributed by atoms with Crippen molar-refractivity contribution in [2.75, 3.05) is 18.8 Å². The standard InChI is InChI=1S/C16H18N2O3S/c1-12-4-10-15(11-5-12)22(20,21)17-14-8-6-13(7-9-14)16(19)18(2)3/h4-11,17H,1-3H3. The van der Waals surface area contributed by atoms with Crippen molar-refractivity contribution in [2.24, 2.45) is 0 Å². The molecular formula is C16H18N2O3S. The van der Waals surface area contributed by atoms with Crippen LogP contribution in [0.25, 0.3) is 0 Å². The Hall–Kier alpha value is -2.34. The fourth-order valence-electron chi connectivity index (χ4n) is 1.87. The number of aryl methyl sites for hydroxylation is 1. The molecule has 0 saturated heterocycles. The fourth-order valence-corrected chi connectivity index (χ4v) is 2.93. The Kier molecular flexibility index (Phi) is 4.51. The Labute approximate surface area is 130 Å². The number of rotatable bonds is 4. The second-order valence-corrected chi connectivity index (χ2v) is 6.88. The molecule has 2 aromatic carbocycles. The molecule has 1 N–H and O–H groups in total. The van der Waals surface area contributed by atoms with Gasteiger partial charge in [-0.2, -0.15) is 0 Å². The maximum absolute atomic E-state index is 12.3. The van der Waals surface area contributed by atoms with Crippen molar-refractivity contribution in [3.63, 3.8) is 0 Å². The molecule has 0 aliphatic rings. The highest BCUT2D eigenvalue weighted by molar-refractivity contribution is 7.92. The summed E-state index contributed by atoms with van der Waals surface area (Å²) in [7, 11) is -0.299. The molecule has 1 amide bonds. The monoisotopic (exact) mass is 318 g/mol. The van der Waals surface area contributed by atoms with Crippen LogP contribution < -0.4 is 4.72 Å². The molecule has 0 atom stereocenters. The van der Waals surface area contributed by atoms with E-state index in [4.69, 9.17) is 0 Å². The van der Waals surface area contributed by atoms with E-state index < -0.39 is 10.0 Å². The number of hydrogen-bond donors (Lipinski definition) is 1. The first-order chi connectivity index (χ1) is 10.3. The number of hydrogen-bond acceptors (Lipinski definition) is 3. The lowest BCUT2D eigenvalue weighted by molar-refractivity contribution is 0.0827. The molecule has 2 rings (SSSR count). The molecule has 0 saturated carbocycles.